The Bertz CT molecular complexity index is 1010. The Hall–Kier alpha value is -2.99. The van der Waals surface area contributed by atoms with Crippen LogP contribution in [-0.4, -0.2) is 17.7 Å². The summed E-state index contributed by atoms with van der Waals surface area (Å²) in [6.45, 7) is 4.16. The first-order valence-electron chi connectivity index (χ1n) is 9.26. The van der Waals surface area contributed by atoms with Crippen LogP contribution in [-0.2, 0) is 9.53 Å². The topological polar surface area (TPSA) is 76.7 Å². The van der Waals surface area contributed by atoms with Crippen molar-refractivity contribution in [1.82, 2.24) is 0 Å². The van der Waals surface area contributed by atoms with Gasteiger partial charge in [0.05, 0.1) is 6.61 Å². The van der Waals surface area contributed by atoms with Crippen LogP contribution in [0.3, 0.4) is 0 Å². The molecule has 6 heteroatoms. The molecule has 1 atom stereocenters. The Labute approximate surface area is 173 Å². The lowest BCUT2D eigenvalue weighted by molar-refractivity contribution is -0.144. The fraction of sp³-hybridized carbons (Fsp3) is 0.217. The average molecular weight is 410 g/mol. The van der Waals surface area contributed by atoms with Gasteiger partial charge < -0.3 is 14.3 Å². The van der Waals surface area contributed by atoms with E-state index in [1.165, 1.54) is 6.07 Å². The first-order valence-corrected chi connectivity index (χ1v) is 10.1. The minimum atomic E-state index is -0.800. The van der Waals surface area contributed by atoms with Crippen molar-refractivity contribution in [2.24, 2.45) is 5.92 Å². The second-order valence-electron chi connectivity index (χ2n) is 6.91. The molecule has 0 amide bonds. The van der Waals surface area contributed by atoms with Crippen LogP contribution in [0.4, 0.5) is 0 Å². The molecule has 2 aromatic carbocycles. The van der Waals surface area contributed by atoms with Crippen LogP contribution >= 0.6 is 11.8 Å². The highest BCUT2D eigenvalue weighted by molar-refractivity contribution is 8.00. The van der Waals surface area contributed by atoms with E-state index in [2.05, 4.69) is 0 Å². The van der Waals surface area contributed by atoms with Gasteiger partial charge in [-0.05, 0) is 11.5 Å². The highest BCUT2D eigenvalue weighted by atomic mass is 32.2. The van der Waals surface area contributed by atoms with Crippen LogP contribution in [0, 0.1) is 5.92 Å². The standard InChI is InChI=1S/C23H22O5S/c1-15(2)14-27-22(25)20(17-11-7-4-8-12-17)29-21-18(24)13-19(28-23(21)26)16-9-5-3-6-10-16/h3-13,15,20,24H,14H2,1-2H3. The molecule has 0 radical (unpaired) electrons. The number of hydrogen-bond acceptors (Lipinski definition) is 6. The molecule has 0 aliphatic rings. The smallest absolute Gasteiger partial charge is 0.353 e. The van der Waals surface area contributed by atoms with Gasteiger partial charge >= 0.3 is 11.6 Å². The van der Waals surface area contributed by atoms with Crippen molar-refractivity contribution < 1.29 is 19.1 Å². The fourth-order valence-electron chi connectivity index (χ4n) is 2.65. The number of carbonyl (C=O) groups excluding carboxylic acids is 1. The summed E-state index contributed by atoms with van der Waals surface area (Å²) in [4.78, 5) is 25.3. The van der Waals surface area contributed by atoms with E-state index in [-0.39, 0.29) is 28.9 Å². The van der Waals surface area contributed by atoms with E-state index < -0.39 is 16.8 Å². The van der Waals surface area contributed by atoms with E-state index in [9.17, 15) is 14.7 Å². The van der Waals surface area contributed by atoms with Crippen LogP contribution in [0.1, 0.15) is 24.7 Å². The Balaban J connectivity index is 1.93. The van der Waals surface area contributed by atoms with Gasteiger partial charge in [0.15, 0.2) is 0 Å². The predicted molar refractivity (Wildman–Crippen MR) is 113 cm³/mol. The van der Waals surface area contributed by atoms with E-state index in [4.69, 9.17) is 9.15 Å². The summed E-state index contributed by atoms with van der Waals surface area (Å²) in [6, 6.07) is 19.4. The quantitative estimate of drug-likeness (QED) is 0.434. The minimum Gasteiger partial charge on any atom is -0.506 e. The molecule has 1 aromatic heterocycles. The number of carbonyl (C=O) groups is 1. The molecular formula is C23H22O5S. The van der Waals surface area contributed by atoms with Gasteiger partial charge in [-0.3, -0.25) is 4.79 Å². The zero-order valence-electron chi connectivity index (χ0n) is 16.2. The summed E-state index contributed by atoms with van der Waals surface area (Å²) < 4.78 is 10.8. The summed E-state index contributed by atoms with van der Waals surface area (Å²) in [6.07, 6.45) is 0. The monoisotopic (exact) mass is 410 g/mol. The number of benzene rings is 2. The molecule has 0 spiro atoms. The number of esters is 1. The number of thioether (sulfide) groups is 1. The molecule has 150 valence electrons. The van der Waals surface area contributed by atoms with Gasteiger partial charge in [0.2, 0.25) is 0 Å². The van der Waals surface area contributed by atoms with Crippen LogP contribution in [0.5, 0.6) is 5.75 Å². The first kappa shape index (κ1) is 20.7. The number of hydrogen-bond donors (Lipinski definition) is 1. The second kappa shape index (κ2) is 9.47. The lowest BCUT2D eigenvalue weighted by Gasteiger charge is -2.17. The molecule has 0 saturated carbocycles. The number of ether oxygens (including phenoxy) is 1. The molecular weight excluding hydrogens is 388 g/mol. The largest absolute Gasteiger partial charge is 0.506 e. The van der Waals surface area contributed by atoms with Crippen LogP contribution in [0.2, 0.25) is 0 Å². The molecule has 0 aliphatic heterocycles. The van der Waals surface area contributed by atoms with Crippen molar-refractivity contribution in [3.8, 4) is 17.1 Å². The van der Waals surface area contributed by atoms with E-state index in [1.807, 2.05) is 38.1 Å². The maximum atomic E-state index is 12.7. The SMILES string of the molecule is CC(C)COC(=O)C(Sc1c(O)cc(-c2ccccc2)oc1=O)c1ccccc1. The lowest BCUT2D eigenvalue weighted by atomic mass is 10.1. The minimum absolute atomic E-state index is 0.0277. The van der Waals surface area contributed by atoms with Gasteiger partial charge in [0.25, 0.3) is 0 Å². The highest BCUT2D eigenvalue weighted by Crippen LogP contribution is 2.39. The third kappa shape index (κ3) is 5.29. The van der Waals surface area contributed by atoms with Crippen molar-refractivity contribution in [3.63, 3.8) is 0 Å². The molecule has 1 heterocycles. The number of aromatic hydroxyl groups is 1. The normalized spacial score (nSPS) is 12.0. The molecule has 3 rings (SSSR count). The summed E-state index contributed by atoms with van der Waals surface area (Å²) in [7, 11) is 0. The Morgan fingerprint density at radius 2 is 1.69 bits per heavy atom. The molecule has 1 N–H and O–H groups in total. The molecule has 0 fully saturated rings. The number of rotatable bonds is 7. The van der Waals surface area contributed by atoms with Crippen molar-refractivity contribution >= 4 is 17.7 Å². The highest BCUT2D eigenvalue weighted by Gasteiger charge is 2.27. The van der Waals surface area contributed by atoms with Crippen molar-refractivity contribution in [3.05, 3.63) is 82.7 Å². The van der Waals surface area contributed by atoms with E-state index in [0.717, 1.165) is 11.8 Å². The summed E-state index contributed by atoms with van der Waals surface area (Å²) in [5, 5.41) is 9.70. The third-order valence-electron chi connectivity index (χ3n) is 4.06. The molecule has 29 heavy (non-hydrogen) atoms. The Morgan fingerprint density at radius 1 is 1.07 bits per heavy atom. The van der Waals surface area contributed by atoms with Crippen molar-refractivity contribution in [1.29, 1.82) is 0 Å². The molecule has 0 saturated heterocycles. The van der Waals surface area contributed by atoms with Gasteiger partial charge in [0, 0.05) is 11.6 Å². The van der Waals surface area contributed by atoms with E-state index in [1.54, 1.807) is 36.4 Å². The van der Waals surface area contributed by atoms with Gasteiger partial charge in [-0.25, -0.2) is 4.79 Å². The fourth-order valence-corrected chi connectivity index (χ4v) is 3.66. The third-order valence-corrected chi connectivity index (χ3v) is 5.37. The van der Waals surface area contributed by atoms with Crippen LogP contribution < -0.4 is 5.63 Å². The van der Waals surface area contributed by atoms with Crippen LogP contribution in [0.25, 0.3) is 11.3 Å². The maximum Gasteiger partial charge on any atom is 0.353 e. The van der Waals surface area contributed by atoms with Gasteiger partial charge in [0.1, 0.15) is 21.7 Å². The van der Waals surface area contributed by atoms with Gasteiger partial charge in [-0.1, -0.05) is 86.3 Å². The zero-order chi connectivity index (χ0) is 20.8. The first-order chi connectivity index (χ1) is 14.0. The predicted octanol–water partition coefficient (Wildman–Crippen LogP) is 5.05. The lowest BCUT2D eigenvalue weighted by Crippen LogP contribution is -2.17. The Kier molecular flexibility index (Phi) is 6.77. The van der Waals surface area contributed by atoms with Crippen LogP contribution in [0.15, 0.2) is 80.8 Å². The Morgan fingerprint density at radius 3 is 2.28 bits per heavy atom. The maximum absolute atomic E-state index is 12.7. The zero-order valence-corrected chi connectivity index (χ0v) is 17.0. The average Bonchev–Trinajstić information content (AvgIpc) is 2.72. The molecule has 3 aromatic rings. The molecule has 0 bridgehead atoms. The van der Waals surface area contributed by atoms with Crippen molar-refractivity contribution in [2.45, 2.75) is 24.0 Å². The van der Waals surface area contributed by atoms with Crippen molar-refractivity contribution in [2.75, 3.05) is 6.61 Å². The van der Waals surface area contributed by atoms with E-state index >= 15 is 0 Å². The van der Waals surface area contributed by atoms with E-state index in [0.29, 0.717) is 11.1 Å². The molecule has 0 aliphatic carbocycles. The van der Waals surface area contributed by atoms with Gasteiger partial charge in [-0.15, -0.1) is 0 Å². The summed E-state index contributed by atoms with van der Waals surface area (Å²) >= 11 is 0.928. The molecule has 5 nitrogen and oxygen atoms in total. The second-order valence-corrected chi connectivity index (χ2v) is 8.03. The molecule has 1 unspecified atom stereocenters. The summed E-state index contributed by atoms with van der Waals surface area (Å²) in [5.41, 5.74) is 0.649. The van der Waals surface area contributed by atoms with Gasteiger partial charge in [-0.2, -0.15) is 0 Å². The summed E-state index contributed by atoms with van der Waals surface area (Å²) in [5.74, 6) is -0.261.